The molecule has 2 aliphatic rings. The Morgan fingerprint density at radius 3 is 3.20 bits per heavy atom. The van der Waals surface area contributed by atoms with Gasteiger partial charge >= 0.3 is 5.97 Å². The van der Waals surface area contributed by atoms with E-state index in [1.54, 1.807) is 0 Å². The summed E-state index contributed by atoms with van der Waals surface area (Å²) in [6, 6.07) is 0.0436. The van der Waals surface area contributed by atoms with Crippen molar-refractivity contribution in [1.82, 2.24) is 10.3 Å². The molecule has 1 atom stereocenters. The number of hydrogen-bond acceptors (Lipinski definition) is 3. The molecule has 1 aliphatic heterocycles. The van der Waals surface area contributed by atoms with Gasteiger partial charge in [0, 0.05) is 17.8 Å². The van der Waals surface area contributed by atoms with Gasteiger partial charge in [-0.3, -0.25) is 4.79 Å². The third-order valence-electron chi connectivity index (χ3n) is 3.88. The molecule has 20 heavy (non-hydrogen) atoms. The van der Waals surface area contributed by atoms with Crippen LogP contribution in [0.5, 0.6) is 0 Å². The summed E-state index contributed by atoms with van der Waals surface area (Å²) in [7, 11) is 0. The highest BCUT2D eigenvalue weighted by Gasteiger charge is 2.27. The van der Waals surface area contributed by atoms with Crippen molar-refractivity contribution in [2.24, 2.45) is 0 Å². The minimum atomic E-state index is -0.141. The van der Waals surface area contributed by atoms with Gasteiger partial charge in [0.15, 0.2) is 0 Å². The van der Waals surface area contributed by atoms with E-state index in [0.717, 1.165) is 25.1 Å². The van der Waals surface area contributed by atoms with E-state index in [1.165, 1.54) is 16.8 Å². The Balaban J connectivity index is 1.88. The molecule has 1 unspecified atom stereocenters. The number of esters is 1. The number of carbonyl (C=O) groups excluding carboxylic acids is 1. The van der Waals surface area contributed by atoms with Gasteiger partial charge in [0.05, 0.1) is 19.1 Å². The molecule has 4 nitrogen and oxygen atoms in total. The maximum Gasteiger partial charge on any atom is 0.307 e. The number of fused-ring (bicyclic) bond motifs is 3. The second-order valence-corrected chi connectivity index (χ2v) is 5.17. The predicted octanol–water partition coefficient (Wildman–Crippen LogP) is 2.28. The second-order valence-electron chi connectivity index (χ2n) is 5.17. The van der Waals surface area contributed by atoms with Gasteiger partial charge in [0.1, 0.15) is 0 Å². The van der Waals surface area contributed by atoms with Crippen molar-refractivity contribution in [3.05, 3.63) is 40.7 Å². The number of aromatic amines is 1. The molecule has 2 N–H and O–H groups in total. The van der Waals surface area contributed by atoms with Crippen LogP contribution in [0.2, 0.25) is 0 Å². The monoisotopic (exact) mass is 272 g/mol. The van der Waals surface area contributed by atoms with Crippen LogP contribution in [0.1, 0.15) is 41.9 Å². The van der Waals surface area contributed by atoms with Crippen molar-refractivity contribution < 1.29 is 9.53 Å². The summed E-state index contributed by atoms with van der Waals surface area (Å²) in [5.74, 6) is -0.141. The highest BCUT2D eigenvalue weighted by Crippen LogP contribution is 2.32. The summed E-state index contributed by atoms with van der Waals surface area (Å²) in [5.41, 5.74) is 5.07. The number of hydrogen-bond donors (Lipinski definition) is 2. The lowest BCUT2D eigenvalue weighted by atomic mass is 9.96. The number of ether oxygens (including phenoxy) is 1. The molecule has 4 heteroatoms. The third-order valence-corrected chi connectivity index (χ3v) is 3.88. The normalized spacial score (nSPS) is 20.1. The number of aromatic nitrogens is 1. The zero-order valence-corrected chi connectivity index (χ0v) is 11.7. The van der Waals surface area contributed by atoms with Gasteiger partial charge in [-0.15, -0.1) is 0 Å². The van der Waals surface area contributed by atoms with Crippen LogP contribution in [-0.2, 0) is 22.4 Å². The van der Waals surface area contributed by atoms with Gasteiger partial charge in [-0.2, -0.15) is 0 Å². The zero-order chi connectivity index (χ0) is 13.9. The molecule has 1 aromatic rings. The Bertz CT molecular complexity index is 569. The lowest BCUT2D eigenvalue weighted by Gasteiger charge is -2.23. The number of nitrogens with one attached hydrogen (secondary N) is 2. The smallest absolute Gasteiger partial charge is 0.307 e. The average molecular weight is 272 g/mol. The van der Waals surface area contributed by atoms with E-state index in [0.29, 0.717) is 13.0 Å². The fraction of sp³-hybridized carbons (Fsp3) is 0.438. The van der Waals surface area contributed by atoms with E-state index in [2.05, 4.69) is 34.6 Å². The van der Waals surface area contributed by atoms with Gasteiger partial charge < -0.3 is 15.0 Å². The Kier molecular flexibility index (Phi) is 3.74. The fourth-order valence-corrected chi connectivity index (χ4v) is 3.01. The molecule has 0 fully saturated rings. The molecule has 2 heterocycles. The molecule has 0 saturated heterocycles. The zero-order valence-electron chi connectivity index (χ0n) is 11.7. The molecule has 3 rings (SSSR count). The maximum atomic E-state index is 11.7. The van der Waals surface area contributed by atoms with Gasteiger partial charge in [0.2, 0.25) is 0 Å². The molecule has 0 amide bonds. The van der Waals surface area contributed by atoms with Crippen LogP contribution < -0.4 is 5.32 Å². The molecule has 1 aromatic heterocycles. The molecule has 0 aromatic carbocycles. The predicted molar refractivity (Wildman–Crippen MR) is 78.4 cm³/mol. The van der Waals surface area contributed by atoms with Gasteiger partial charge in [-0.1, -0.05) is 24.3 Å². The van der Waals surface area contributed by atoms with Crippen LogP contribution in [0.3, 0.4) is 0 Å². The van der Waals surface area contributed by atoms with Gasteiger partial charge in [-0.25, -0.2) is 0 Å². The number of H-pyrrole nitrogens is 1. The summed E-state index contributed by atoms with van der Waals surface area (Å²) >= 11 is 0. The number of rotatable bonds is 3. The Labute approximate surface area is 118 Å². The topological polar surface area (TPSA) is 54.1 Å². The van der Waals surface area contributed by atoms with Crippen molar-refractivity contribution >= 4 is 12.0 Å². The quantitative estimate of drug-likeness (QED) is 0.830. The standard InChI is InChI=1S/C16H20N2O2/c1-2-20-15(19)10-14-16-12(8-9-17-14)11-6-4-3-5-7-13(11)18-16/h3-6,14,17-18H,2,7-10H2,1H3. The lowest BCUT2D eigenvalue weighted by molar-refractivity contribution is -0.143. The van der Waals surface area contributed by atoms with Crippen LogP contribution >= 0.6 is 0 Å². The van der Waals surface area contributed by atoms with E-state index in [-0.39, 0.29) is 12.0 Å². The molecular weight excluding hydrogens is 252 g/mol. The van der Waals surface area contributed by atoms with E-state index in [1.807, 2.05) is 6.92 Å². The SMILES string of the molecule is CCOC(=O)CC1NCCc2c1[nH]c1c2C=CC=CC1. The van der Waals surface area contributed by atoms with Crippen molar-refractivity contribution in [3.63, 3.8) is 0 Å². The van der Waals surface area contributed by atoms with Gasteiger partial charge in [0.25, 0.3) is 0 Å². The van der Waals surface area contributed by atoms with Gasteiger partial charge in [-0.05, 0) is 31.0 Å². The minimum Gasteiger partial charge on any atom is -0.466 e. The summed E-state index contributed by atoms with van der Waals surface area (Å²) in [4.78, 5) is 15.2. The summed E-state index contributed by atoms with van der Waals surface area (Å²) in [6.07, 6.45) is 10.8. The van der Waals surface area contributed by atoms with Crippen molar-refractivity contribution in [1.29, 1.82) is 0 Å². The molecule has 0 radical (unpaired) electrons. The van der Waals surface area contributed by atoms with Crippen LogP contribution in [0.25, 0.3) is 6.08 Å². The largest absolute Gasteiger partial charge is 0.466 e. The van der Waals surface area contributed by atoms with Crippen molar-refractivity contribution in [2.75, 3.05) is 13.2 Å². The first kappa shape index (κ1) is 13.2. The Morgan fingerprint density at radius 2 is 2.35 bits per heavy atom. The number of carbonyl (C=O) groups is 1. The van der Waals surface area contributed by atoms with Crippen molar-refractivity contribution in [2.45, 2.75) is 32.2 Å². The second kappa shape index (κ2) is 5.67. The van der Waals surface area contributed by atoms with Crippen LogP contribution in [0, 0.1) is 0 Å². The van der Waals surface area contributed by atoms with Crippen LogP contribution in [0.4, 0.5) is 0 Å². The highest BCUT2D eigenvalue weighted by molar-refractivity contribution is 5.71. The Morgan fingerprint density at radius 1 is 1.45 bits per heavy atom. The lowest BCUT2D eigenvalue weighted by Crippen LogP contribution is -2.31. The van der Waals surface area contributed by atoms with E-state index >= 15 is 0 Å². The molecule has 1 aliphatic carbocycles. The molecule has 0 bridgehead atoms. The summed E-state index contributed by atoms with van der Waals surface area (Å²) < 4.78 is 5.06. The molecule has 0 spiro atoms. The molecule has 106 valence electrons. The van der Waals surface area contributed by atoms with Crippen LogP contribution in [0.15, 0.2) is 18.2 Å². The van der Waals surface area contributed by atoms with Crippen molar-refractivity contribution in [3.8, 4) is 0 Å². The van der Waals surface area contributed by atoms with E-state index < -0.39 is 0 Å². The number of allylic oxidation sites excluding steroid dienone is 3. The first-order valence-corrected chi connectivity index (χ1v) is 7.25. The third kappa shape index (κ3) is 2.43. The highest BCUT2D eigenvalue weighted by atomic mass is 16.5. The van der Waals surface area contributed by atoms with E-state index in [9.17, 15) is 4.79 Å². The minimum absolute atomic E-state index is 0.0436. The average Bonchev–Trinajstić information content (AvgIpc) is 2.64. The summed E-state index contributed by atoms with van der Waals surface area (Å²) in [6.45, 7) is 3.18. The fourth-order valence-electron chi connectivity index (χ4n) is 3.01. The molecular formula is C16H20N2O2. The Hall–Kier alpha value is -1.81. The summed E-state index contributed by atoms with van der Waals surface area (Å²) in [5, 5.41) is 3.42. The first-order valence-electron chi connectivity index (χ1n) is 7.25. The molecule has 0 saturated carbocycles. The van der Waals surface area contributed by atoms with E-state index in [4.69, 9.17) is 4.74 Å². The van der Waals surface area contributed by atoms with Crippen LogP contribution in [-0.4, -0.2) is 24.1 Å². The first-order chi connectivity index (χ1) is 9.79. The maximum absolute atomic E-state index is 11.7.